The third-order valence-corrected chi connectivity index (χ3v) is 6.97. The van der Waals surface area contributed by atoms with E-state index in [1.165, 1.54) is 0 Å². The summed E-state index contributed by atoms with van der Waals surface area (Å²) in [6.45, 7) is 1.60. The summed E-state index contributed by atoms with van der Waals surface area (Å²) in [5.41, 5.74) is 2.44. The van der Waals surface area contributed by atoms with Crippen molar-refractivity contribution in [1.82, 2.24) is 25.4 Å². The fourth-order valence-electron chi connectivity index (χ4n) is 4.77. The Morgan fingerprint density at radius 2 is 1.86 bits per heavy atom. The molecule has 5 rings (SSSR count). The summed E-state index contributed by atoms with van der Waals surface area (Å²) in [5, 5.41) is 12.6. The highest BCUT2D eigenvalue weighted by atomic mass is 35.5. The van der Waals surface area contributed by atoms with Crippen LogP contribution in [0.15, 0.2) is 53.5 Å². The van der Waals surface area contributed by atoms with E-state index < -0.39 is 0 Å². The summed E-state index contributed by atoms with van der Waals surface area (Å²) < 4.78 is 0. The number of rotatable bonds is 6. The van der Waals surface area contributed by atoms with Crippen molar-refractivity contribution in [2.24, 2.45) is 5.92 Å². The number of nitrogens with one attached hydrogen (secondary N) is 3. The van der Waals surface area contributed by atoms with Gasteiger partial charge in [0.25, 0.3) is 5.56 Å². The van der Waals surface area contributed by atoms with E-state index in [-0.39, 0.29) is 29.7 Å². The average molecular weight is 492 g/mol. The van der Waals surface area contributed by atoms with Crippen molar-refractivity contribution >= 4 is 45.1 Å². The molecular formula is C26H26ClN5O3. The SMILES string of the molecule is O=C(NCCc1c[nH]c2ccc(Cl)cc12)C1CCN(C(=O)Cc2n[nH]c(=O)c3ccccc23)CC1. The van der Waals surface area contributed by atoms with Gasteiger partial charge in [-0.2, -0.15) is 5.10 Å². The smallest absolute Gasteiger partial charge is 0.272 e. The van der Waals surface area contributed by atoms with Gasteiger partial charge in [-0.15, -0.1) is 0 Å². The molecule has 1 aliphatic rings. The lowest BCUT2D eigenvalue weighted by atomic mass is 9.95. The number of hydrogen-bond acceptors (Lipinski definition) is 4. The summed E-state index contributed by atoms with van der Waals surface area (Å²) >= 11 is 6.12. The van der Waals surface area contributed by atoms with Crippen LogP contribution in [0.25, 0.3) is 21.7 Å². The van der Waals surface area contributed by atoms with Crippen molar-refractivity contribution in [2.45, 2.75) is 25.7 Å². The van der Waals surface area contributed by atoms with E-state index in [1.54, 1.807) is 17.0 Å². The normalized spacial score (nSPS) is 14.5. The molecular weight excluding hydrogens is 466 g/mol. The summed E-state index contributed by atoms with van der Waals surface area (Å²) in [4.78, 5) is 42.6. The van der Waals surface area contributed by atoms with Gasteiger partial charge in [-0.1, -0.05) is 29.8 Å². The molecule has 1 fully saturated rings. The number of aromatic nitrogens is 3. The highest BCUT2D eigenvalue weighted by Crippen LogP contribution is 2.23. The molecule has 3 N–H and O–H groups in total. The number of hydrogen-bond donors (Lipinski definition) is 3. The first-order valence-electron chi connectivity index (χ1n) is 11.8. The fraction of sp³-hybridized carbons (Fsp3) is 0.308. The van der Waals surface area contributed by atoms with Crippen LogP contribution in [0.2, 0.25) is 5.02 Å². The number of halogens is 1. The van der Waals surface area contributed by atoms with Gasteiger partial charge in [0.2, 0.25) is 11.8 Å². The fourth-order valence-corrected chi connectivity index (χ4v) is 4.95. The third kappa shape index (κ3) is 4.93. The van der Waals surface area contributed by atoms with Gasteiger partial charge in [-0.3, -0.25) is 14.4 Å². The molecule has 0 atom stereocenters. The van der Waals surface area contributed by atoms with Gasteiger partial charge in [0.05, 0.1) is 17.5 Å². The maximum absolute atomic E-state index is 12.9. The molecule has 0 bridgehead atoms. The van der Waals surface area contributed by atoms with Gasteiger partial charge >= 0.3 is 0 Å². The van der Waals surface area contributed by atoms with E-state index in [1.807, 2.05) is 36.5 Å². The zero-order valence-electron chi connectivity index (χ0n) is 19.1. The van der Waals surface area contributed by atoms with Crippen molar-refractivity contribution in [1.29, 1.82) is 0 Å². The average Bonchev–Trinajstić information content (AvgIpc) is 3.28. The topological polar surface area (TPSA) is 111 Å². The van der Waals surface area contributed by atoms with E-state index in [0.717, 1.165) is 16.5 Å². The lowest BCUT2D eigenvalue weighted by Gasteiger charge is -2.31. The number of piperidine rings is 1. The number of carbonyl (C=O) groups excluding carboxylic acids is 2. The second kappa shape index (κ2) is 9.92. The Kier molecular flexibility index (Phi) is 6.55. The first-order valence-corrected chi connectivity index (χ1v) is 12.1. The Hall–Kier alpha value is -3.65. The number of carbonyl (C=O) groups is 2. The Labute approximate surface area is 206 Å². The van der Waals surface area contributed by atoms with Crippen molar-refractivity contribution < 1.29 is 9.59 Å². The summed E-state index contributed by atoms with van der Waals surface area (Å²) in [6.07, 6.45) is 4.03. The van der Waals surface area contributed by atoms with Crippen LogP contribution < -0.4 is 10.9 Å². The third-order valence-electron chi connectivity index (χ3n) is 6.74. The van der Waals surface area contributed by atoms with Crippen LogP contribution in [0.4, 0.5) is 0 Å². The van der Waals surface area contributed by atoms with Crippen molar-refractivity contribution in [3.05, 3.63) is 75.3 Å². The van der Waals surface area contributed by atoms with Crippen LogP contribution in [0.1, 0.15) is 24.1 Å². The van der Waals surface area contributed by atoms with E-state index in [9.17, 15) is 14.4 Å². The first kappa shape index (κ1) is 23.1. The Bertz CT molecular complexity index is 1450. The van der Waals surface area contributed by atoms with Crippen molar-refractivity contribution in [3.63, 3.8) is 0 Å². The molecule has 0 aliphatic carbocycles. The minimum absolute atomic E-state index is 0.0308. The molecule has 9 heteroatoms. The number of H-pyrrole nitrogens is 2. The lowest BCUT2D eigenvalue weighted by molar-refractivity contribution is -0.135. The largest absolute Gasteiger partial charge is 0.361 e. The second-order valence-corrected chi connectivity index (χ2v) is 9.36. The molecule has 35 heavy (non-hydrogen) atoms. The van der Waals surface area contributed by atoms with Crippen LogP contribution in [0, 0.1) is 5.92 Å². The number of fused-ring (bicyclic) bond motifs is 2. The highest BCUT2D eigenvalue weighted by Gasteiger charge is 2.27. The maximum Gasteiger partial charge on any atom is 0.272 e. The molecule has 2 aromatic heterocycles. The van der Waals surface area contributed by atoms with Gasteiger partial charge in [0.15, 0.2) is 0 Å². The molecule has 0 unspecified atom stereocenters. The maximum atomic E-state index is 12.9. The molecule has 0 saturated carbocycles. The van der Waals surface area contributed by atoms with Gasteiger partial charge in [-0.25, -0.2) is 5.10 Å². The monoisotopic (exact) mass is 491 g/mol. The highest BCUT2D eigenvalue weighted by molar-refractivity contribution is 6.31. The van der Waals surface area contributed by atoms with Crippen LogP contribution in [0.5, 0.6) is 0 Å². The summed E-state index contributed by atoms with van der Waals surface area (Å²) in [6, 6.07) is 12.9. The predicted octanol–water partition coefficient (Wildman–Crippen LogP) is 3.20. The predicted molar refractivity (Wildman–Crippen MR) is 135 cm³/mol. The van der Waals surface area contributed by atoms with E-state index in [2.05, 4.69) is 20.5 Å². The van der Waals surface area contributed by atoms with Crippen LogP contribution >= 0.6 is 11.6 Å². The van der Waals surface area contributed by atoms with Crippen LogP contribution in [-0.2, 0) is 22.4 Å². The van der Waals surface area contributed by atoms with Gasteiger partial charge in [-0.05, 0) is 49.1 Å². The van der Waals surface area contributed by atoms with Crippen LogP contribution in [0.3, 0.4) is 0 Å². The molecule has 2 amide bonds. The van der Waals surface area contributed by atoms with E-state index in [0.29, 0.717) is 60.4 Å². The van der Waals surface area contributed by atoms with E-state index in [4.69, 9.17) is 11.6 Å². The molecule has 0 radical (unpaired) electrons. The van der Waals surface area contributed by atoms with Crippen LogP contribution in [-0.4, -0.2) is 51.5 Å². The zero-order valence-corrected chi connectivity index (χ0v) is 19.9. The number of amides is 2. The molecule has 0 spiro atoms. The van der Waals surface area contributed by atoms with Gasteiger partial charge in [0, 0.05) is 53.1 Å². The minimum atomic E-state index is -0.267. The van der Waals surface area contributed by atoms with Crippen molar-refractivity contribution in [2.75, 3.05) is 19.6 Å². The number of aromatic amines is 2. The van der Waals surface area contributed by atoms with E-state index >= 15 is 0 Å². The summed E-state index contributed by atoms with van der Waals surface area (Å²) in [7, 11) is 0. The number of benzene rings is 2. The number of likely N-dealkylation sites (tertiary alicyclic amines) is 1. The summed E-state index contributed by atoms with van der Waals surface area (Å²) in [5.74, 6) is -0.127. The Balaban J connectivity index is 1.12. The standard InChI is InChI=1S/C26H26ClN5O3/c27-18-5-6-22-21(13-18)17(15-29-22)7-10-28-25(34)16-8-11-32(12-9-16)24(33)14-23-19-3-1-2-4-20(19)26(35)31-30-23/h1-6,13,15-16,29H,7-12,14H2,(H,28,34)(H,31,35). The van der Waals surface area contributed by atoms with Crippen molar-refractivity contribution in [3.8, 4) is 0 Å². The lowest BCUT2D eigenvalue weighted by Crippen LogP contribution is -2.44. The quantitative estimate of drug-likeness (QED) is 0.384. The molecule has 1 aliphatic heterocycles. The molecule has 3 heterocycles. The molecule has 1 saturated heterocycles. The molecule has 4 aromatic rings. The van der Waals surface area contributed by atoms with Gasteiger partial charge < -0.3 is 15.2 Å². The zero-order chi connectivity index (χ0) is 24.4. The number of nitrogens with zero attached hydrogens (tertiary/aromatic N) is 2. The Morgan fingerprint density at radius 3 is 2.66 bits per heavy atom. The minimum Gasteiger partial charge on any atom is -0.361 e. The van der Waals surface area contributed by atoms with Gasteiger partial charge in [0.1, 0.15) is 0 Å². The molecule has 8 nitrogen and oxygen atoms in total. The molecule has 2 aromatic carbocycles. The Morgan fingerprint density at radius 1 is 1.09 bits per heavy atom. The molecule has 180 valence electrons. The second-order valence-electron chi connectivity index (χ2n) is 8.92. The first-order chi connectivity index (χ1) is 17.0.